The molecule has 0 unspecified atom stereocenters. The van der Waals surface area contributed by atoms with Crippen LogP contribution >= 0.6 is 11.3 Å². The van der Waals surface area contributed by atoms with Gasteiger partial charge in [-0.2, -0.15) is 5.26 Å². The summed E-state index contributed by atoms with van der Waals surface area (Å²) >= 11 is 1.52. The molecule has 0 amide bonds. The molecular weight excluding hydrogens is 370 g/mol. The first-order valence-corrected chi connectivity index (χ1v) is 9.80. The largest absolute Gasteiger partial charge is 0.497 e. The molecule has 5 nitrogen and oxygen atoms in total. The number of aliphatic hydroxyl groups excluding tert-OH is 1. The number of methoxy groups -OCH3 is 1. The number of hydrogen-bond donors (Lipinski definition) is 2. The second kappa shape index (κ2) is 7.47. The molecule has 0 bridgehead atoms. The number of aliphatic hydroxyl groups is 1. The van der Waals surface area contributed by atoms with Gasteiger partial charge in [0, 0.05) is 12.2 Å². The maximum atomic E-state index is 9.98. The predicted molar refractivity (Wildman–Crippen MR) is 111 cm³/mol. The van der Waals surface area contributed by atoms with Gasteiger partial charge in [-0.05, 0) is 48.2 Å². The lowest BCUT2D eigenvalue weighted by Gasteiger charge is -2.14. The summed E-state index contributed by atoms with van der Waals surface area (Å²) < 4.78 is 8.15. The standard InChI is InChI=1S/C22H19N3O2S/c1-27-15-10-8-14(9-11-15)20-16(5-4-12-26)17(13-23)22-25(21(20)24)18-6-2-3-7-19(18)28-22/h2-3,6-11,24,26H,4-5,12H2,1H3. The minimum Gasteiger partial charge on any atom is -0.497 e. The van der Waals surface area contributed by atoms with Crippen molar-refractivity contribution < 1.29 is 9.84 Å². The SMILES string of the molecule is COc1ccc(-c2c(CCCO)c(C#N)c3sc4ccccc4n3c2=N)cc1. The van der Waals surface area contributed by atoms with Crippen molar-refractivity contribution in [3.63, 3.8) is 0 Å². The quantitative estimate of drug-likeness (QED) is 0.539. The van der Waals surface area contributed by atoms with Crippen LogP contribution in [0.5, 0.6) is 5.75 Å². The van der Waals surface area contributed by atoms with Crippen LogP contribution in [0, 0.1) is 16.7 Å². The highest BCUT2D eigenvalue weighted by atomic mass is 32.1. The zero-order chi connectivity index (χ0) is 19.7. The maximum absolute atomic E-state index is 9.98. The third kappa shape index (κ3) is 2.85. The number of ether oxygens (including phenoxy) is 1. The van der Waals surface area contributed by atoms with Crippen molar-refractivity contribution in [2.45, 2.75) is 12.8 Å². The van der Waals surface area contributed by atoms with Crippen LogP contribution in [0.4, 0.5) is 0 Å². The van der Waals surface area contributed by atoms with Crippen molar-refractivity contribution in [2.24, 2.45) is 0 Å². The summed E-state index contributed by atoms with van der Waals surface area (Å²) in [5.74, 6) is 0.738. The van der Waals surface area contributed by atoms with Gasteiger partial charge in [-0.25, -0.2) is 0 Å². The van der Waals surface area contributed by atoms with Crippen molar-refractivity contribution in [3.8, 4) is 22.9 Å². The number of aromatic nitrogens is 1. The molecule has 0 spiro atoms. The van der Waals surface area contributed by atoms with Gasteiger partial charge in [0.25, 0.3) is 0 Å². The lowest BCUT2D eigenvalue weighted by molar-refractivity contribution is 0.288. The fraction of sp³-hybridized carbons (Fsp3) is 0.182. The average molecular weight is 389 g/mol. The number of hydrogen-bond acceptors (Lipinski definition) is 5. The molecule has 0 saturated heterocycles. The molecule has 0 fully saturated rings. The van der Waals surface area contributed by atoms with Crippen molar-refractivity contribution >= 4 is 26.4 Å². The van der Waals surface area contributed by atoms with E-state index in [1.807, 2.05) is 52.9 Å². The highest BCUT2D eigenvalue weighted by Crippen LogP contribution is 2.33. The van der Waals surface area contributed by atoms with Gasteiger partial charge in [0.2, 0.25) is 0 Å². The summed E-state index contributed by atoms with van der Waals surface area (Å²) in [6, 6.07) is 17.8. The van der Waals surface area contributed by atoms with E-state index in [4.69, 9.17) is 10.1 Å². The average Bonchev–Trinajstić information content (AvgIpc) is 3.12. The first-order valence-electron chi connectivity index (χ1n) is 8.98. The molecule has 2 aromatic heterocycles. The molecule has 0 atom stereocenters. The Morgan fingerprint density at radius 1 is 1.18 bits per heavy atom. The first kappa shape index (κ1) is 18.2. The van der Waals surface area contributed by atoms with Crippen molar-refractivity contribution in [1.82, 2.24) is 4.40 Å². The highest BCUT2D eigenvalue weighted by Gasteiger charge is 2.20. The number of para-hydroxylation sites is 1. The summed E-state index contributed by atoms with van der Waals surface area (Å²) in [6.45, 7) is 0.0395. The summed E-state index contributed by atoms with van der Waals surface area (Å²) in [4.78, 5) is 0.777. The maximum Gasteiger partial charge on any atom is 0.138 e. The van der Waals surface area contributed by atoms with Crippen LogP contribution in [-0.4, -0.2) is 23.2 Å². The lowest BCUT2D eigenvalue weighted by Crippen LogP contribution is -2.19. The van der Waals surface area contributed by atoms with Gasteiger partial charge < -0.3 is 9.84 Å². The molecular formula is C22H19N3O2S. The summed E-state index contributed by atoms with van der Waals surface area (Å²) in [5, 5.41) is 28.3. The van der Waals surface area contributed by atoms with Gasteiger partial charge in [0.05, 0.1) is 22.9 Å². The molecule has 4 rings (SSSR count). The first-order chi connectivity index (χ1) is 13.7. The third-order valence-corrected chi connectivity index (χ3v) is 6.01. The van der Waals surface area contributed by atoms with Crippen LogP contribution < -0.4 is 10.2 Å². The van der Waals surface area contributed by atoms with Crippen LogP contribution in [0.25, 0.3) is 26.2 Å². The van der Waals surface area contributed by atoms with Gasteiger partial charge in [0.1, 0.15) is 22.1 Å². The molecule has 6 heteroatoms. The van der Waals surface area contributed by atoms with Crippen molar-refractivity contribution in [2.75, 3.05) is 13.7 Å². The summed E-state index contributed by atoms with van der Waals surface area (Å²) in [5.41, 5.74) is 4.26. The molecule has 4 aromatic rings. The van der Waals surface area contributed by atoms with E-state index >= 15 is 0 Å². The van der Waals surface area contributed by atoms with E-state index < -0.39 is 0 Å². The molecule has 0 aliphatic heterocycles. The number of nitriles is 1. The Hall–Kier alpha value is -3.14. The molecule has 2 heterocycles. The van der Waals surface area contributed by atoms with E-state index in [1.165, 1.54) is 11.3 Å². The lowest BCUT2D eigenvalue weighted by atomic mass is 9.94. The number of rotatable bonds is 5. The Kier molecular flexibility index (Phi) is 4.86. The zero-order valence-corrected chi connectivity index (χ0v) is 16.2. The van der Waals surface area contributed by atoms with Crippen LogP contribution in [0.15, 0.2) is 48.5 Å². The Bertz CT molecular complexity index is 1260. The Morgan fingerprint density at radius 2 is 1.93 bits per heavy atom. The molecule has 140 valence electrons. The monoisotopic (exact) mass is 389 g/mol. The highest BCUT2D eigenvalue weighted by molar-refractivity contribution is 7.24. The number of benzene rings is 2. The Labute approximate surface area is 166 Å². The zero-order valence-electron chi connectivity index (χ0n) is 15.4. The van der Waals surface area contributed by atoms with Crippen molar-refractivity contribution in [1.29, 1.82) is 10.7 Å². The second-order valence-corrected chi connectivity index (χ2v) is 7.49. The minimum absolute atomic E-state index is 0.0395. The predicted octanol–water partition coefficient (Wildman–Crippen LogP) is 4.11. The van der Waals surface area contributed by atoms with Crippen LogP contribution in [0.1, 0.15) is 17.5 Å². The van der Waals surface area contributed by atoms with Gasteiger partial charge in [0.15, 0.2) is 0 Å². The van der Waals surface area contributed by atoms with Crippen LogP contribution in [-0.2, 0) is 6.42 Å². The van der Waals surface area contributed by atoms with Gasteiger partial charge >= 0.3 is 0 Å². The molecule has 2 aromatic carbocycles. The number of pyridine rings is 1. The molecule has 2 N–H and O–H groups in total. The fourth-order valence-electron chi connectivity index (χ4n) is 3.57. The number of thiazole rings is 1. The van der Waals surface area contributed by atoms with E-state index in [1.54, 1.807) is 7.11 Å². The molecule has 0 aliphatic carbocycles. The van der Waals surface area contributed by atoms with E-state index in [-0.39, 0.29) is 6.61 Å². The number of fused-ring (bicyclic) bond motifs is 3. The molecule has 0 radical (unpaired) electrons. The normalized spacial score (nSPS) is 11.0. The number of nitrogens with zero attached hydrogens (tertiary/aromatic N) is 2. The van der Waals surface area contributed by atoms with Gasteiger partial charge in [-0.1, -0.05) is 24.3 Å². The molecule has 28 heavy (non-hydrogen) atoms. The second-order valence-electron chi connectivity index (χ2n) is 6.45. The van der Waals surface area contributed by atoms with E-state index in [2.05, 4.69) is 6.07 Å². The number of nitrogens with one attached hydrogen (secondary N) is 1. The topological polar surface area (TPSA) is 81.5 Å². The van der Waals surface area contributed by atoms with E-state index in [0.29, 0.717) is 23.9 Å². The van der Waals surface area contributed by atoms with Gasteiger partial charge in [-0.3, -0.25) is 9.81 Å². The Morgan fingerprint density at radius 3 is 2.61 bits per heavy atom. The summed E-state index contributed by atoms with van der Waals surface area (Å²) in [6.07, 6.45) is 1.08. The smallest absolute Gasteiger partial charge is 0.138 e. The molecule has 0 aliphatic rings. The fourth-order valence-corrected chi connectivity index (χ4v) is 4.74. The van der Waals surface area contributed by atoms with Crippen LogP contribution in [0.2, 0.25) is 0 Å². The van der Waals surface area contributed by atoms with Crippen molar-refractivity contribution in [3.05, 3.63) is 65.1 Å². The minimum atomic E-state index is 0.0395. The molecule has 0 saturated carbocycles. The van der Waals surface area contributed by atoms with E-state index in [9.17, 15) is 10.4 Å². The van der Waals surface area contributed by atoms with Gasteiger partial charge in [-0.15, -0.1) is 11.3 Å². The summed E-state index contributed by atoms with van der Waals surface area (Å²) in [7, 11) is 1.62. The Balaban J connectivity index is 2.13. The van der Waals surface area contributed by atoms with E-state index in [0.717, 1.165) is 37.5 Å². The third-order valence-electron chi connectivity index (χ3n) is 4.87. The van der Waals surface area contributed by atoms with Crippen LogP contribution in [0.3, 0.4) is 0 Å².